The molecule has 2 saturated carbocycles. The molecule has 0 radical (unpaired) electrons. The van der Waals surface area contributed by atoms with Crippen LogP contribution < -0.4 is 0 Å². The van der Waals surface area contributed by atoms with E-state index in [2.05, 4.69) is 29.2 Å². The van der Waals surface area contributed by atoms with E-state index in [0.29, 0.717) is 0 Å². The Balaban J connectivity index is 1.47. The number of aliphatic carboxylic acids is 1. The number of carboxylic acids is 1. The Labute approximate surface area is 200 Å². The molecule has 1 aromatic rings. The Morgan fingerprint density at radius 1 is 0.938 bits per heavy atom. The molecule has 2 fully saturated rings. The molecule has 0 atom stereocenters. The smallest absolute Gasteiger partial charge is 0.319 e. The van der Waals surface area contributed by atoms with Gasteiger partial charge in [0.05, 0.1) is 0 Å². The third kappa shape index (κ3) is 8.41. The van der Waals surface area contributed by atoms with Gasteiger partial charge in [-0.2, -0.15) is 0 Å². The van der Waals surface area contributed by atoms with Crippen molar-refractivity contribution in [3.63, 3.8) is 0 Å². The quantitative estimate of drug-likeness (QED) is 0.258. The molecular weight excluding hydrogens is 414 g/mol. The first kappa shape index (κ1) is 25.6. The lowest BCUT2D eigenvalue weighted by molar-refractivity contribution is -0.138. The number of benzene rings is 1. The van der Waals surface area contributed by atoms with Gasteiger partial charge in [-0.15, -0.1) is 11.8 Å². The summed E-state index contributed by atoms with van der Waals surface area (Å²) in [5.74, 6) is 0.243. The highest BCUT2D eigenvalue weighted by molar-refractivity contribution is 8.01. The third-order valence-electron chi connectivity index (χ3n) is 7.62. The van der Waals surface area contributed by atoms with Crippen LogP contribution in [-0.2, 0) is 11.2 Å². The first-order chi connectivity index (χ1) is 15.4. The fraction of sp³-hybridized carbons (Fsp3) is 0.750. The molecule has 0 bridgehead atoms. The van der Waals surface area contributed by atoms with E-state index in [1.807, 2.05) is 0 Å². The molecule has 3 rings (SSSR count). The molecule has 0 aromatic heterocycles. The van der Waals surface area contributed by atoms with Crippen molar-refractivity contribution in [1.82, 2.24) is 4.90 Å². The van der Waals surface area contributed by atoms with E-state index < -0.39 is 10.7 Å². The second-order valence-corrected chi connectivity index (χ2v) is 12.3. The van der Waals surface area contributed by atoms with Crippen molar-refractivity contribution in [2.45, 2.75) is 119 Å². The van der Waals surface area contributed by atoms with Gasteiger partial charge in [0.2, 0.25) is 0 Å². The zero-order chi connectivity index (χ0) is 22.8. The van der Waals surface area contributed by atoms with Crippen molar-refractivity contribution >= 4 is 17.7 Å². The molecule has 32 heavy (non-hydrogen) atoms. The van der Waals surface area contributed by atoms with Crippen LogP contribution in [0.4, 0.5) is 0 Å². The van der Waals surface area contributed by atoms with E-state index in [1.54, 1.807) is 13.8 Å². The van der Waals surface area contributed by atoms with Crippen LogP contribution in [0.1, 0.15) is 103 Å². The zero-order valence-corrected chi connectivity index (χ0v) is 21.3. The second-order valence-electron chi connectivity index (χ2n) is 10.6. The first-order valence-electron chi connectivity index (χ1n) is 13.2. The average molecular weight is 460 g/mol. The summed E-state index contributed by atoms with van der Waals surface area (Å²) in [6.07, 6.45) is 19.6. The number of nitrogens with zero attached hydrogens (tertiary/aromatic N) is 1. The summed E-state index contributed by atoms with van der Waals surface area (Å²) in [4.78, 5) is 15.2. The van der Waals surface area contributed by atoms with E-state index >= 15 is 0 Å². The van der Waals surface area contributed by atoms with E-state index in [0.717, 1.165) is 29.8 Å². The van der Waals surface area contributed by atoms with Gasteiger partial charge in [0, 0.05) is 17.5 Å². The van der Waals surface area contributed by atoms with Crippen LogP contribution >= 0.6 is 11.8 Å². The van der Waals surface area contributed by atoms with Crippen molar-refractivity contribution in [3.05, 3.63) is 29.8 Å². The van der Waals surface area contributed by atoms with Crippen LogP contribution in [0.2, 0.25) is 0 Å². The largest absolute Gasteiger partial charge is 0.480 e. The predicted octanol–water partition coefficient (Wildman–Crippen LogP) is 7.57. The standard InChI is InChI=1S/C28H45NO2S/c1-28(2,27(30)31)32-26-18-16-24(17-19-26)20-22-29(25-14-7-4-8-15-25)21-10-9-13-23-11-5-3-6-12-23/h16-19,23,25H,3-15,20-22H2,1-2H3,(H,30,31). The Kier molecular flexibility index (Phi) is 10.4. The van der Waals surface area contributed by atoms with Crippen LogP contribution in [0.25, 0.3) is 0 Å². The van der Waals surface area contributed by atoms with Crippen molar-refractivity contribution in [1.29, 1.82) is 0 Å². The molecule has 0 heterocycles. The number of thioether (sulfide) groups is 1. The average Bonchev–Trinajstić information content (AvgIpc) is 2.80. The lowest BCUT2D eigenvalue weighted by Gasteiger charge is -2.34. The molecule has 1 N–H and O–H groups in total. The third-order valence-corrected chi connectivity index (χ3v) is 8.82. The topological polar surface area (TPSA) is 40.5 Å². The van der Waals surface area contributed by atoms with Gasteiger partial charge in [-0.1, -0.05) is 76.3 Å². The van der Waals surface area contributed by atoms with Crippen molar-refractivity contribution in [3.8, 4) is 0 Å². The highest BCUT2D eigenvalue weighted by Crippen LogP contribution is 2.33. The van der Waals surface area contributed by atoms with Gasteiger partial charge in [0.15, 0.2) is 0 Å². The highest BCUT2D eigenvalue weighted by atomic mass is 32.2. The van der Waals surface area contributed by atoms with Crippen LogP contribution in [0.5, 0.6) is 0 Å². The Bertz CT molecular complexity index is 675. The molecule has 4 heteroatoms. The van der Waals surface area contributed by atoms with Gasteiger partial charge in [0.25, 0.3) is 0 Å². The molecule has 2 aliphatic rings. The van der Waals surface area contributed by atoms with Crippen molar-refractivity contribution in [2.24, 2.45) is 5.92 Å². The molecule has 0 unspecified atom stereocenters. The maximum Gasteiger partial charge on any atom is 0.319 e. The maximum atomic E-state index is 11.4. The van der Waals surface area contributed by atoms with Gasteiger partial charge in [-0.25, -0.2) is 0 Å². The number of rotatable bonds is 12. The van der Waals surface area contributed by atoms with Crippen LogP contribution in [0.15, 0.2) is 29.2 Å². The minimum atomic E-state index is -0.795. The highest BCUT2D eigenvalue weighted by Gasteiger charge is 2.28. The fourth-order valence-electron chi connectivity index (χ4n) is 5.48. The summed E-state index contributed by atoms with van der Waals surface area (Å²) in [5, 5.41) is 9.36. The summed E-state index contributed by atoms with van der Waals surface area (Å²) in [6.45, 7) is 5.95. The summed E-state index contributed by atoms with van der Waals surface area (Å²) >= 11 is 1.43. The normalized spacial score (nSPS) is 18.8. The van der Waals surface area contributed by atoms with E-state index in [1.165, 1.54) is 107 Å². The molecular formula is C28H45NO2S. The van der Waals surface area contributed by atoms with Crippen LogP contribution in [0, 0.1) is 5.92 Å². The van der Waals surface area contributed by atoms with Crippen molar-refractivity contribution in [2.75, 3.05) is 13.1 Å². The summed E-state index contributed by atoms with van der Waals surface area (Å²) in [5.41, 5.74) is 1.37. The molecule has 0 aliphatic heterocycles. The van der Waals surface area contributed by atoms with Crippen LogP contribution in [0.3, 0.4) is 0 Å². The van der Waals surface area contributed by atoms with Gasteiger partial charge in [-0.3, -0.25) is 4.79 Å². The monoisotopic (exact) mass is 459 g/mol. The molecule has 3 nitrogen and oxygen atoms in total. The number of carboxylic acid groups (broad SMARTS) is 1. The van der Waals surface area contributed by atoms with Crippen LogP contribution in [-0.4, -0.2) is 39.9 Å². The van der Waals surface area contributed by atoms with E-state index in [9.17, 15) is 9.90 Å². The van der Waals surface area contributed by atoms with Gasteiger partial charge >= 0.3 is 5.97 Å². The number of unbranched alkanes of at least 4 members (excludes halogenated alkanes) is 1. The Hall–Kier alpha value is -1.00. The summed E-state index contributed by atoms with van der Waals surface area (Å²) < 4.78 is -0.795. The van der Waals surface area contributed by atoms with E-state index in [-0.39, 0.29) is 0 Å². The zero-order valence-electron chi connectivity index (χ0n) is 20.5. The number of hydrogen-bond acceptors (Lipinski definition) is 3. The number of carbonyl (C=O) groups is 1. The molecule has 2 aliphatic carbocycles. The molecule has 0 saturated heterocycles. The van der Waals surface area contributed by atoms with Gasteiger partial charge < -0.3 is 10.0 Å². The molecule has 0 amide bonds. The lowest BCUT2D eigenvalue weighted by atomic mass is 9.86. The Morgan fingerprint density at radius 2 is 1.56 bits per heavy atom. The predicted molar refractivity (Wildman–Crippen MR) is 137 cm³/mol. The summed E-state index contributed by atoms with van der Waals surface area (Å²) in [6, 6.07) is 9.37. The molecule has 180 valence electrons. The van der Waals surface area contributed by atoms with E-state index in [4.69, 9.17) is 0 Å². The minimum absolute atomic E-state index is 0.766. The second kappa shape index (κ2) is 13.0. The molecule has 1 aromatic carbocycles. The lowest BCUT2D eigenvalue weighted by Crippen LogP contribution is -2.39. The SMILES string of the molecule is CC(C)(Sc1ccc(CCN(CCCCC2CCCCC2)C2CCCCC2)cc1)C(=O)O. The molecule has 0 spiro atoms. The summed E-state index contributed by atoms with van der Waals surface area (Å²) in [7, 11) is 0. The minimum Gasteiger partial charge on any atom is -0.480 e. The van der Waals surface area contributed by atoms with Gasteiger partial charge in [-0.05, 0) is 69.7 Å². The number of hydrogen-bond donors (Lipinski definition) is 1. The Morgan fingerprint density at radius 3 is 2.19 bits per heavy atom. The maximum absolute atomic E-state index is 11.4. The first-order valence-corrected chi connectivity index (χ1v) is 14.0. The fourth-order valence-corrected chi connectivity index (χ4v) is 6.43. The van der Waals surface area contributed by atoms with Crippen molar-refractivity contribution < 1.29 is 9.90 Å². The van der Waals surface area contributed by atoms with Gasteiger partial charge in [0.1, 0.15) is 4.75 Å².